The largest absolute Gasteiger partial charge is 0.458 e. The van der Waals surface area contributed by atoms with E-state index in [0.717, 1.165) is 42.4 Å². The molecule has 0 radical (unpaired) electrons. The van der Waals surface area contributed by atoms with E-state index in [2.05, 4.69) is 55.8 Å². The molecule has 0 spiro atoms. The Balaban J connectivity index is 1.28. The summed E-state index contributed by atoms with van der Waals surface area (Å²) in [6.07, 6.45) is 16.0. The van der Waals surface area contributed by atoms with Gasteiger partial charge in [0, 0.05) is 36.0 Å². The van der Waals surface area contributed by atoms with Gasteiger partial charge in [0.15, 0.2) is 6.29 Å². The van der Waals surface area contributed by atoms with Crippen molar-refractivity contribution in [3.05, 3.63) is 89.7 Å². The molecule has 1 aromatic carbocycles. The van der Waals surface area contributed by atoms with Crippen LogP contribution in [0.2, 0.25) is 0 Å². The Bertz CT molecular complexity index is 1410. The number of fused-ring (bicyclic) bond motifs is 9. The second-order valence-corrected chi connectivity index (χ2v) is 12.9. The van der Waals surface area contributed by atoms with Crippen molar-refractivity contribution in [2.75, 3.05) is 6.61 Å². The minimum atomic E-state index is -0.414. The minimum Gasteiger partial charge on any atom is -0.458 e. The van der Waals surface area contributed by atoms with Gasteiger partial charge in [-0.3, -0.25) is 0 Å². The molecule has 3 fully saturated rings. The molecule has 5 heterocycles. The number of hydrogen-bond donors (Lipinski definition) is 0. The maximum absolute atomic E-state index is 13.2. The lowest BCUT2D eigenvalue weighted by Gasteiger charge is -2.44. The second kappa shape index (κ2) is 14.4. The van der Waals surface area contributed by atoms with Crippen LogP contribution in [0.15, 0.2) is 77.1 Å². The van der Waals surface area contributed by atoms with Crippen molar-refractivity contribution in [2.24, 2.45) is 11.8 Å². The first-order chi connectivity index (χ1) is 21.8. The van der Waals surface area contributed by atoms with Crippen LogP contribution >= 0.6 is 0 Å². The number of hydrogen-bond acceptors (Lipinski definition) is 8. The monoisotopic (exact) mass is 615 g/mol. The molecule has 8 bridgehead atoms. The van der Waals surface area contributed by atoms with E-state index in [1.54, 1.807) is 18.5 Å². The summed E-state index contributed by atoms with van der Waals surface area (Å²) < 4.78 is 37.3. The first-order valence-corrected chi connectivity index (χ1v) is 16.3. The molecule has 9 unspecified atom stereocenters. The van der Waals surface area contributed by atoms with E-state index < -0.39 is 6.29 Å². The van der Waals surface area contributed by atoms with Crippen LogP contribution in [0, 0.1) is 11.8 Å². The molecule has 0 N–H and O–H groups in total. The third-order valence-corrected chi connectivity index (χ3v) is 9.41. The van der Waals surface area contributed by atoms with Gasteiger partial charge in [-0.15, -0.1) is 0 Å². The zero-order chi connectivity index (χ0) is 31.3. The average molecular weight is 616 g/mol. The van der Waals surface area contributed by atoms with Crippen LogP contribution in [0.25, 0.3) is 12.2 Å². The first kappa shape index (κ1) is 31.7. The maximum Gasteiger partial charge on any atom is 0.330 e. The molecule has 0 saturated carbocycles. The van der Waals surface area contributed by atoms with Gasteiger partial charge in [0.25, 0.3) is 0 Å². The van der Waals surface area contributed by atoms with Crippen LogP contribution in [0.5, 0.6) is 0 Å². The molecule has 9 atom stereocenters. The van der Waals surface area contributed by atoms with Gasteiger partial charge in [-0.25, -0.2) is 9.78 Å². The van der Waals surface area contributed by atoms with Crippen LogP contribution in [-0.2, 0) is 28.5 Å². The quantitative estimate of drug-likeness (QED) is 0.255. The molecule has 45 heavy (non-hydrogen) atoms. The highest BCUT2D eigenvalue weighted by Crippen LogP contribution is 2.38. The molecule has 3 saturated heterocycles. The van der Waals surface area contributed by atoms with Crippen molar-refractivity contribution < 1.29 is 32.9 Å². The average Bonchev–Trinajstić information content (AvgIpc) is 3.53. The molecule has 1 aromatic heterocycles. The third-order valence-electron chi connectivity index (χ3n) is 9.41. The number of aromatic nitrogens is 1. The Morgan fingerprint density at radius 1 is 1.00 bits per heavy atom. The summed E-state index contributed by atoms with van der Waals surface area (Å²) in [5.41, 5.74) is 4.20. The summed E-state index contributed by atoms with van der Waals surface area (Å²) >= 11 is 0. The lowest BCUT2D eigenvalue weighted by Crippen LogP contribution is -2.50. The summed E-state index contributed by atoms with van der Waals surface area (Å²) in [5, 5.41) is 0. The van der Waals surface area contributed by atoms with Crippen molar-refractivity contribution in [3.63, 3.8) is 0 Å². The fraction of sp³-hybridized carbons (Fsp3) is 0.514. The first-order valence-electron chi connectivity index (χ1n) is 16.3. The molecule has 2 aromatic rings. The SMILES string of the molecule is C=C1CC2C/C=C\C(=O)OC3C(C)C(C/C=C/c4cccc(c4)C4OCCC(CC(C1)O2)O4)OC(/C(C)=C/c1ncco1)C3C. The van der Waals surface area contributed by atoms with Gasteiger partial charge in [0.1, 0.15) is 12.4 Å². The molecule has 4 aliphatic rings. The highest BCUT2D eigenvalue weighted by atomic mass is 16.7. The number of oxazole rings is 1. The van der Waals surface area contributed by atoms with E-state index in [4.69, 9.17) is 28.1 Å². The van der Waals surface area contributed by atoms with Crippen molar-refractivity contribution >= 4 is 18.1 Å². The van der Waals surface area contributed by atoms with Crippen LogP contribution in [0.1, 0.15) is 82.6 Å². The number of benzene rings is 1. The van der Waals surface area contributed by atoms with Crippen molar-refractivity contribution in [1.82, 2.24) is 4.98 Å². The highest BCUT2D eigenvalue weighted by Gasteiger charge is 2.43. The van der Waals surface area contributed by atoms with Gasteiger partial charge in [-0.05, 0) is 56.2 Å². The van der Waals surface area contributed by atoms with Gasteiger partial charge < -0.3 is 28.1 Å². The fourth-order valence-electron chi connectivity index (χ4n) is 7.13. The molecule has 4 aliphatic heterocycles. The zero-order valence-corrected chi connectivity index (χ0v) is 26.5. The van der Waals surface area contributed by atoms with E-state index in [1.807, 2.05) is 25.1 Å². The number of carbonyl (C=O) groups is 1. The van der Waals surface area contributed by atoms with E-state index in [9.17, 15) is 4.79 Å². The van der Waals surface area contributed by atoms with Gasteiger partial charge in [-0.2, -0.15) is 0 Å². The molecular weight excluding hydrogens is 570 g/mol. The predicted octanol–water partition coefficient (Wildman–Crippen LogP) is 7.39. The topological polar surface area (TPSA) is 89.3 Å². The fourth-order valence-corrected chi connectivity index (χ4v) is 7.13. The summed E-state index contributed by atoms with van der Waals surface area (Å²) in [6, 6.07) is 8.29. The number of ether oxygens (including phenoxy) is 5. The number of carbonyl (C=O) groups excluding carboxylic acids is 1. The minimum absolute atomic E-state index is 0.0224. The third kappa shape index (κ3) is 7.93. The van der Waals surface area contributed by atoms with Crippen LogP contribution in [-0.4, -0.2) is 54.2 Å². The Morgan fingerprint density at radius 2 is 1.84 bits per heavy atom. The molecule has 0 amide bonds. The van der Waals surface area contributed by atoms with E-state index in [1.165, 1.54) is 5.57 Å². The Labute approximate surface area is 266 Å². The zero-order valence-electron chi connectivity index (χ0n) is 26.5. The highest BCUT2D eigenvalue weighted by molar-refractivity contribution is 5.82. The Kier molecular flexibility index (Phi) is 10.1. The Morgan fingerprint density at radius 3 is 2.69 bits per heavy atom. The van der Waals surface area contributed by atoms with Crippen molar-refractivity contribution in [2.45, 2.75) is 102 Å². The molecule has 8 nitrogen and oxygen atoms in total. The number of esters is 1. The predicted molar refractivity (Wildman–Crippen MR) is 171 cm³/mol. The lowest BCUT2D eigenvalue weighted by molar-refractivity contribution is -0.225. The van der Waals surface area contributed by atoms with Gasteiger partial charge >= 0.3 is 5.97 Å². The number of rotatable bonds is 2. The molecule has 240 valence electrons. The molecule has 6 rings (SSSR count). The molecule has 0 aliphatic carbocycles. The summed E-state index contributed by atoms with van der Waals surface area (Å²) in [6.45, 7) is 11.1. The maximum atomic E-state index is 13.2. The van der Waals surface area contributed by atoms with E-state index in [0.29, 0.717) is 25.3 Å². The van der Waals surface area contributed by atoms with E-state index >= 15 is 0 Å². The van der Waals surface area contributed by atoms with E-state index in [-0.39, 0.29) is 54.4 Å². The molecule has 8 heteroatoms. The summed E-state index contributed by atoms with van der Waals surface area (Å²) in [4.78, 5) is 17.4. The van der Waals surface area contributed by atoms with Crippen LogP contribution in [0.3, 0.4) is 0 Å². The normalized spacial score (nSPS) is 36.3. The van der Waals surface area contributed by atoms with Gasteiger partial charge in [-0.1, -0.05) is 62.4 Å². The van der Waals surface area contributed by atoms with Crippen molar-refractivity contribution in [3.8, 4) is 0 Å². The summed E-state index contributed by atoms with van der Waals surface area (Å²) in [7, 11) is 0. The molecular formula is C37H45NO7. The standard InChI is InChI=1S/C37H45NO7/c1-23-18-29-11-7-13-34(39)45-36-25(3)32(44-35(26(36)4)24(2)20-33-38-15-17-40-33)12-6-9-27-8-5-10-28(21-27)37-41-16-14-30(43-37)22-31(19-23)42-29/h5-10,13,15,17,20-21,25-26,29-32,35-37H,1,11-12,14,16,18-19,22H2,2-4H3/b9-6+,13-7-,24-20+. The van der Waals surface area contributed by atoms with Crippen LogP contribution < -0.4 is 0 Å². The second-order valence-electron chi connectivity index (χ2n) is 12.9. The van der Waals surface area contributed by atoms with Crippen LogP contribution in [0.4, 0.5) is 0 Å². The van der Waals surface area contributed by atoms with Gasteiger partial charge in [0.2, 0.25) is 5.89 Å². The van der Waals surface area contributed by atoms with Gasteiger partial charge in [0.05, 0.1) is 43.3 Å². The lowest BCUT2D eigenvalue weighted by atomic mass is 9.79. The smallest absolute Gasteiger partial charge is 0.330 e. The number of nitrogens with zero attached hydrogens (tertiary/aromatic N) is 1. The Hall–Kier alpha value is -3.30. The van der Waals surface area contributed by atoms with Crippen molar-refractivity contribution in [1.29, 1.82) is 0 Å². The summed E-state index contributed by atoms with van der Waals surface area (Å²) in [5.74, 6) is 0.0662.